The number of likely N-dealkylation sites (N-methyl/N-ethyl adjacent to an activating group) is 1. The first-order chi connectivity index (χ1) is 7.63. The standard InChI is InChI=1S/C13H19NO2/c1-4-14-12(10-15-13(14,2)3)16-11-8-6-5-7-9-11/h5-9,12H,4,10H2,1-3H3. The third-order valence-corrected chi connectivity index (χ3v) is 2.97. The Morgan fingerprint density at radius 2 is 2.06 bits per heavy atom. The maximum absolute atomic E-state index is 5.92. The predicted octanol–water partition coefficient (Wildman–Crippen LogP) is 2.48. The second kappa shape index (κ2) is 4.44. The Kier molecular flexibility index (Phi) is 3.17. The van der Waals surface area contributed by atoms with E-state index >= 15 is 0 Å². The predicted molar refractivity (Wildman–Crippen MR) is 63.3 cm³/mol. The van der Waals surface area contributed by atoms with Gasteiger partial charge in [-0.15, -0.1) is 0 Å². The number of ether oxygens (including phenoxy) is 2. The molecular weight excluding hydrogens is 202 g/mol. The first kappa shape index (κ1) is 11.4. The zero-order chi connectivity index (χ0) is 11.6. The second-order valence-electron chi connectivity index (χ2n) is 4.43. The van der Waals surface area contributed by atoms with E-state index in [4.69, 9.17) is 9.47 Å². The molecule has 0 spiro atoms. The van der Waals surface area contributed by atoms with E-state index in [2.05, 4.69) is 25.7 Å². The van der Waals surface area contributed by atoms with Gasteiger partial charge in [-0.1, -0.05) is 25.1 Å². The van der Waals surface area contributed by atoms with Crippen molar-refractivity contribution in [3.63, 3.8) is 0 Å². The molecule has 1 aliphatic heterocycles. The van der Waals surface area contributed by atoms with Crippen LogP contribution < -0.4 is 4.74 Å². The van der Waals surface area contributed by atoms with Gasteiger partial charge in [0.15, 0.2) is 6.23 Å². The Morgan fingerprint density at radius 1 is 1.38 bits per heavy atom. The number of para-hydroxylation sites is 1. The highest BCUT2D eigenvalue weighted by Crippen LogP contribution is 2.28. The minimum atomic E-state index is -0.228. The topological polar surface area (TPSA) is 21.7 Å². The molecule has 3 heteroatoms. The van der Waals surface area contributed by atoms with E-state index in [0.717, 1.165) is 12.3 Å². The van der Waals surface area contributed by atoms with Crippen molar-refractivity contribution in [2.24, 2.45) is 0 Å². The maximum atomic E-state index is 5.92. The van der Waals surface area contributed by atoms with Crippen LogP contribution in [0.2, 0.25) is 0 Å². The van der Waals surface area contributed by atoms with E-state index in [1.165, 1.54) is 0 Å². The molecule has 0 amide bonds. The van der Waals surface area contributed by atoms with Gasteiger partial charge in [0.05, 0.1) is 0 Å². The molecule has 88 valence electrons. The maximum Gasteiger partial charge on any atom is 0.178 e. The largest absolute Gasteiger partial charge is 0.473 e. The lowest BCUT2D eigenvalue weighted by Crippen LogP contribution is -2.45. The molecule has 0 saturated carbocycles. The summed E-state index contributed by atoms with van der Waals surface area (Å²) in [5.41, 5.74) is -0.228. The van der Waals surface area contributed by atoms with Gasteiger partial charge in [-0.25, -0.2) is 4.90 Å². The fraction of sp³-hybridized carbons (Fsp3) is 0.538. The van der Waals surface area contributed by atoms with Crippen LogP contribution in [0.25, 0.3) is 0 Å². The normalized spacial score (nSPS) is 24.6. The van der Waals surface area contributed by atoms with E-state index in [1.807, 2.05) is 30.3 Å². The van der Waals surface area contributed by atoms with E-state index in [-0.39, 0.29) is 12.0 Å². The lowest BCUT2D eigenvalue weighted by molar-refractivity contribution is -0.0631. The highest BCUT2D eigenvalue weighted by atomic mass is 16.6. The molecule has 2 rings (SSSR count). The average molecular weight is 221 g/mol. The van der Waals surface area contributed by atoms with Crippen LogP contribution in [0.3, 0.4) is 0 Å². The summed E-state index contributed by atoms with van der Waals surface area (Å²) in [4.78, 5) is 2.22. The van der Waals surface area contributed by atoms with Crippen molar-refractivity contribution in [3.8, 4) is 5.75 Å². The molecule has 1 aromatic carbocycles. The molecule has 1 fully saturated rings. The minimum absolute atomic E-state index is 0.0161. The van der Waals surface area contributed by atoms with E-state index in [0.29, 0.717) is 6.61 Å². The quantitative estimate of drug-likeness (QED) is 0.782. The van der Waals surface area contributed by atoms with Gasteiger partial charge >= 0.3 is 0 Å². The summed E-state index contributed by atoms with van der Waals surface area (Å²) in [7, 11) is 0. The van der Waals surface area contributed by atoms with Crippen molar-refractivity contribution in [2.75, 3.05) is 13.2 Å². The molecule has 1 heterocycles. The van der Waals surface area contributed by atoms with Gasteiger partial charge in [-0.05, 0) is 26.0 Å². The molecule has 0 bridgehead atoms. The van der Waals surface area contributed by atoms with Crippen LogP contribution in [0.4, 0.5) is 0 Å². The number of benzene rings is 1. The zero-order valence-electron chi connectivity index (χ0n) is 10.1. The first-order valence-corrected chi connectivity index (χ1v) is 5.76. The van der Waals surface area contributed by atoms with E-state index < -0.39 is 0 Å². The Hall–Kier alpha value is -1.06. The number of nitrogens with zero attached hydrogens (tertiary/aromatic N) is 1. The van der Waals surface area contributed by atoms with Crippen molar-refractivity contribution in [1.82, 2.24) is 4.90 Å². The SMILES string of the molecule is CCN1C(Oc2ccccc2)COC1(C)C. The molecule has 0 aliphatic carbocycles. The van der Waals surface area contributed by atoms with Crippen molar-refractivity contribution < 1.29 is 9.47 Å². The second-order valence-corrected chi connectivity index (χ2v) is 4.43. The molecule has 1 aliphatic rings. The summed E-state index contributed by atoms with van der Waals surface area (Å²) in [6.45, 7) is 7.81. The summed E-state index contributed by atoms with van der Waals surface area (Å²) in [6.07, 6.45) is 0.0161. The average Bonchev–Trinajstić information content (AvgIpc) is 2.55. The minimum Gasteiger partial charge on any atom is -0.473 e. The molecule has 0 N–H and O–H groups in total. The number of hydrogen-bond donors (Lipinski definition) is 0. The van der Waals surface area contributed by atoms with Crippen molar-refractivity contribution in [3.05, 3.63) is 30.3 Å². The lowest BCUT2D eigenvalue weighted by Gasteiger charge is -2.32. The molecule has 0 aromatic heterocycles. The van der Waals surface area contributed by atoms with E-state index in [1.54, 1.807) is 0 Å². The van der Waals surface area contributed by atoms with Crippen LogP contribution in [-0.2, 0) is 4.74 Å². The molecule has 1 atom stereocenters. The van der Waals surface area contributed by atoms with Crippen LogP contribution in [0.15, 0.2) is 30.3 Å². The van der Waals surface area contributed by atoms with Gasteiger partial charge in [0, 0.05) is 6.54 Å². The van der Waals surface area contributed by atoms with Crippen molar-refractivity contribution in [1.29, 1.82) is 0 Å². The monoisotopic (exact) mass is 221 g/mol. The summed E-state index contributed by atoms with van der Waals surface area (Å²) < 4.78 is 11.6. The van der Waals surface area contributed by atoms with Gasteiger partial charge < -0.3 is 9.47 Å². The van der Waals surface area contributed by atoms with Crippen LogP contribution in [0.1, 0.15) is 20.8 Å². The Balaban J connectivity index is 2.06. The summed E-state index contributed by atoms with van der Waals surface area (Å²) in [5, 5.41) is 0. The molecule has 1 aromatic rings. The highest BCUT2D eigenvalue weighted by molar-refractivity contribution is 5.21. The molecule has 3 nitrogen and oxygen atoms in total. The molecule has 1 saturated heterocycles. The number of rotatable bonds is 3. The van der Waals surface area contributed by atoms with Gasteiger partial charge in [0.25, 0.3) is 0 Å². The summed E-state index contributed by atoms with van der Waals surface area (Å²) >= 11 is 0. The Bertz CT molecular complexity index is 337. The fourth-order valence-electron chi connectivity index (χ4n) is 2.13. The third kappa shape index (κ3) is 2.20. The fourth-order valence-corrected chi connectivity index (χ4v) is 2.13. The van der Waals surface area contributed by atoms with Gasteiger partial charge in [0.1, 0.15) is 18.1 Å². The molecule has 0 radical (unpaired) electrons. The summed E-state index contributed by atoms with van der Waals surface area (Å²) in [6, 6.07) is 9.89. The Labute approximate surface area is 97.0 Å². The first-order valence-electron chi connectivity index (χ1n) is 5.76. The molecule has 16 heavy (non-hydrogen) atoms. The zero-order valence-corrected chi connectivity index (χ0v) is 10.1. The van der Waals surface area contributed by atoms with Crippen LogP contribution >= 0.6 is 0 Å². The highest BCUT2D eigenvalue weighted by Gasteiger charge is 2.40. The van der Waals surface area contributed by atoms with Crippen molar-refractivity contribution in [2.45, 2.75) is 32.7 Å². The third-order valence-electron chi connectivity index (χ3n) is 2.97. The molecular formula is C13H19NO2. The van der Waals surface area contributed by atoms with Crippen molar-refractivity contribution >= 4 is 0 Å². The van der Waals surface area contributed by atoms with Crippen LogP contribution in [0.5, 0.6) is 5.75 Å². The van der Waals surface area contributed by atoms with Gasteiger partial charge in [-0.2, -0.15) is 0 Å². The summed E-state index contributed by atoms with van der Waals surface area (Å²) in [5.74, 6) is 0.896. The lowest BCUT2D eigenvalue weighted by atomic mass is 10.2. The number of hydrogen-bond acceptors (Lipinski definition) is 3. The van der Waals surface area contributed by atoms with Gasteiger partial charge in [-0.3, -0.25) is 0 Å². The van der Waals surface area contributed by atoms with Gasteiger partial charge in [0.2, 0.25) is 0 Å². The van der Waals surface area contributed by atoms with Crippen LogP contribution in [-0.4, -0.2) is 30.0 Å². The Morgan fingerprint density at radius 3 is 2.69 bits per heavy atom. The smallest absolute Gasteiger partial charge is 0.178 e. The molecule has 1 unspecified atom stereocenters. The van der Waals surface area contributed by atoms with Crippen LogP contribution in [0, 0.1) is 0 Å². The van der Waals surface area contributed by atoms with E-state index in [9.17, 15) is 0 Å².